The van der Waals surface area contributed by atoms with Crippen LogP contribution in [0.25, 0.3) is 0 Å². The summed E-state index contributed by atoms with van der Waals surface area (Å²) in [4.78, 5) is 0. The molecule has 0 saturated heterocycles. The summed E-state index contributed by atoms with van der Waals surface area (Å²) in [6.07, 6.45) is -0.540. The zero-order chi connectivity index (χ0) is 13.0. The first kappa shape index (κ1) is 12.7. The average molecular weight is 264 g/mol. The van der Waals surface area contributed by atoms with Gasteiger partial charge in [-0.05, 0) is 34.5 Å². The molecule has 1 aromatic heterocycles. The number of benzene rings is 1. The molecule has 4 N–H and O–H groups in total. The Labute approximate surface area is 110 Å². The van der Waals surface area contributed by atoms with Crippen molar-refractivity contribution in [3.8, 4) is 5.75 Å². The zero-order valence-corrected chi connectivity index (χ0v) is 10.9. The fraction of sp³-hybridized carbons (Fsp3) is 0.231. The maximum atomic E-state index is 9.96. The number of nitrogen functional groups attached to an aromatic ring is 1. The van der Waals surface area contributed by atoms with Crippen LogP contribution in [0.3, 0.4) is 0 Å². The van der Waals surface area contributed by atoms with E-state index in [-0.39, 0.29) is 0 Å². The summed E-state index contributed by atoms with van der Waals surface area (Å²) in [5.74, 6) is 0.733. The Morgan fingerprint density at radius 2 is 2.28 bits per heavy atom. The van der Waals surface area contributed by atoms with E-state index in [0.717, 1.165) is 17.0 Å². The Kier molecular flexibility index (Phi) is 4.07. The smallest absolute Gasteiger partial charge is 0.121 e. The van der Waals surface area contributed by atoms with Gasteiger partial charge in [0.15, 0.2) is 0 Å². The van der Waals surface area contributed by atoms with Gasteiger partial charge in [-0.25, -0.2) is 0 Å². The van der Waals surface area contributed by atoms with Crippen molar-refractivity contribution < 1.29 is 9.84 Å². The maximum Gasteiger partial charge on any atom is 0.121 e. The molecule has 1 heterocycles. The van der Waals surface area contributed by atoms with Crippen molar-refractivity contribution >= 4 is 22.7 Å². The molecule has 18 heavy (non-hydrogen) atoms. The molecule has 0 aliphatic carbocycles. The summed E-state index contributed by atoms with van der Waals surface area (Å²) < 4.78 is 5.13. The SMILES string of the molecule is COc1ccc(N)c(NCC(O)c2ccsc2)c1. The van der Waals surface area contributed by atoms with Crippen LogP contribution in [-0.4, -0.2) is 18.8 Å². The van der Waals surface area contributed by atoms with Gasteiger partial charge in [0.05, 0.1) is 24.6 Å². The molecule has 96 valence electrons. The number of thiophene rings is 1. The highest BCUT2D eigenvalue weighted by Crippen LogP contribution is 2.25. The molecule has 0 spiro atoms. The molecule has 1 atom stereocenters. The number of nitrogens with one attached hydrogen (secondary N) is 1. The van der Waals surface area contributed by atoms with E-state index in [1.165, 1.54) is 0 Å². The predicted molar refractivity (Wildman–Crippen MR) is 75.2 cm³/mol. The third-order valence-corrected chi connectivity index (χ3v) is 3.38. The van der Waals surface area contributed by atoms with E-state index in [0.29, 0.717) is 12.2 Å². The summed E-state index contributed by atoms with van der Waals surface area (Å²) in [5.41, 5.74) is 8.16. The quantitative estimate of drug-likeness (QED) is 0.726. The van der Waals surface area contributed by atoms with Crippen molar-refractivity contribution in [2.24, 2.45) is 0 Å². The Bertz CT molecular complexity index is 500. The number of anilines is 2. The molecule has 0 fully saturated rings. The highest BCUT2D eigenvalue weighted by Gasteiger charge is 2.08. The molecule has 2 aromatic rings. The van der Waals surface area contributed by atoms with Crippen molar-refractivity contribution in [2.75, 3.05) is 24.7 Å². The first-order chi connectivity index (χ1) is 8.70. The number of aliphatic hydroxyl groups excluding tert-OH is 1. The fourth-order valence-corrected chi connectivity index (χ4v) is 2.31. The molecule has 0 amide bonds. The molecular formula is C13H16N2O2S. The summed E-state index contributed by atoms with van der Waals surface area (Å²) >= 11 is 1.57. The monoisotopic (exact) mass is 264 g/mol. The lowest BCUT2D eigenvalue weighted by Crippen LogP contribution is -2.12. The minimum atomic E-state index is -0.540. The molecule has 1 unspecified atom stereocenters. The molecule has 0 bridgehead atoms. The van der Waals surface area contributed by atoms with Crippen LogP contribution in [0.2, 0.25) is 0 Å². The van der Waals surface area contributed by atoms with Gasteiger partial charge in [0.1, 0.15) is 5.75 Å². The fourth-order valence-electron chi connectivity index (χ4n) is 1.60. The van der Waals surface area contributed by atoms with Crippen LogP contribution in [0.15, 0.2) is 35.0 Å². The highest BCUT2D eigenvalue weighted by molar-refractivity contribution is 7.07. The van der Waals surface area contributed by atoms with Gasteiger partial charge in [0.25, 0.3) is 0 Å². The molecule has 4 nitrogen and oxygen atoms in total. The van der Waals surface area contributed by atoms with Gasteiger partial charge < -0.3 is 20.9 Å². The molecule has 5 heteroatoms. The van der Waals surface area contributed by atoms with E-state index in [1.807, 2.05) is 22.9 Å². The largest absolute Gasteiger partial charge is 0.497 e. The van der Waals surface area contributed by atoms with Gasteiger partial charge in [-0.3, -0.25) is 0 Å². The summed E-state index contributed by atoms with van der Waals surface area (Å²) in [6, 6.07) is 7.30. The first-order valence-corrected chi connectivity index (χ1v) is 6.52. The molecule has 0 aliphatic rings. The van der Waals surface area contributed by atoms with Crippen molar-refractivity contribution in [1.29, 1.82) is 0 Å². The average Bonchev–Trinajstić information content (AvgIpc) is 2.91. The lowest BCUT2D eigenvalue weighted by atomic mass is 10.2. The van der Waals surface area contributed by atoms with E-state index in [9.17, 15) is 5.11 Å². The van der Waals surface area contributed by atoms with E-state index >= 15 is 0 Å². The Morgan fingerprint density at radius 3 is 2.94 bits per heavy atom. The number of hydrogen-bond acceptors (Lipinski definition) is 5. The van der Waals surface area contributed by atoms with Crippen LogP contribution in [0.5, 0.6) is 5.75 Å². The van der Waals surface area contributed by atoms with Gasteiger partial charge in [0, 0.05) is 12.6 Å². The van der Waals surface area contributed by atoms with E-state index in [2.05, 4.69) is 5.32 Å². The molecule has 0 saturated carbocycles. The van der Waals surface area contributed by atoms with Crippen molar-refractivity contribution in [2.45, 2.75) is 6.10 Å². The molecule has 0 radical (unpaired) electrons. The number of hydrogen-bond donors (Lipinski definition) is 3. The zero-order valence-electron chi connectivity index (χ0n) is 10.1. The Balaban J connectivity index is 2.01. The van der Waals surface area contributed by atoms with Gasteiger partial charge in [0.2, 0.25) is 0 Å². The standard InChI is InChI=1S/C13H16N2O2S/c1-17-10-2-3-11(14)12(6-10)15-7-13(16)9-4-5-18-8-9/h2-6,8,13,15-16H,7,14H2,1H3. The lowest BCUT2D eigenvalue weighted by molar-refractivity contribution is 0.192. The van der Waals surface area contributed by atoms with Crippen LogP contribution in [0.1, 0.15) is 11.7 Å². The third kappa shape index (κ3) is 2.94. The van der Waals surface area contributed by atoms with E-state index < -0.39 is 6.10 Å². The summed E-state index contributed by atoms with van der Waals surface area (Å²) in [7, 11) is 1.61. The number of rotatable bonds is 5. The molecule has 2 rings (SSSR count). The second-order valence-corrected chi connectivity index (χ2v) is 4.69. The van der Waals surface area contributed by atoms with Crippen LogP contribution in [0.4, 0.5) is 11.4 Å². The minimum absolute atomic E-state index is 0.411. The lowest BCUT2D eigenvalue weighted by Gasteiger charge is -2.14. The Hall–Kier alpha value is -1.72. The van der Waals surface area contributed by atoms with Crippen LogP contribution in [0, 0.1) is 0 Å². The second kappa shape index (κ2) is 5.75. The molecular weight excluding hydrogens is 248 g/mol. The van der Waals surface area contributed by atoms with Gasteiger partial charge in [-0.1, -0.05) is 0 Å². The number of aliphatic hydroxyl groups is 1. The van der Waals surface area contributed by atoms with Crippen LogP contribution in [-0.2, 0) is 0 Å². The van der Waals surface area contributed by atoms with Crippen molar-refractivity contribution in [3.05, 3.63) is 40.6 Å². The molecule has 0 aliphatic heterocycles. The number of ether oxygens (including phenoxy) is 1. The van der Waals surface area contributed by atoms with E-state index in [1.54, 1.807) is 30.6 Å². The van der Waals surface area contributed by atoms with Crippen molar-refractivity contribution in [3.63, 3.8) is 0 Å². The highest BCUT2D eigenvalue weighted by atomic mass is 32.1. The van der Waals surface area contributed by atoms with Gasteiger partial charge >= 0.3 is 0 Å². The second-order valence-electron chi connectivity index (χ2n) is 3.91. The normalized spacial score (nSPS) is 12.1. The summed E-state index contributed by atoms with van der Waals surface area (Å²) in [6.45, 7) is 0.411. The minimum Gasteiger partial charge on any atom is -0.497 e. The number of nitrogens with two attached hydrogens (primary N) is 1. The topological polar surface area (TPSA) is 67.5 Å². The summed E-state index contributed by atoms with van der Waals surface area (Å²) in [5, 5.41) is 17.0. The Morgan fingerprint density at radius 1 is 1.44 bits per heavy atom. The van der Waals surface area contributed by atoms with E-state index in [4.69, 9.17) is 10.5 Å². The third-order valence-electron chi connectivity index (χ3n) is 2.67. The van der Waals surface area contributed by atoms with Gasteiger partial charge in [-0.15, -0.1) is 0 Å². The van der Waals surface area contributed by atoms with Crippen LogP contribution >= 0.6 is 11.3 Å². The molecule has 1 aromatic carbocycles. The van der Waals surface area contributed by atoms with Crippen LogP contribution < -0.4 is 15.8 Å². The first-order valence-electron chi connectivity index (χ1n) is 5.58. The predicted octanol–water partition coefficient (Wildman–Crippen LogP) is 2.48. The van der Waals surface area contributed by atoms with Crippen molar-refractivity contribution in [1.82, 2.24) is 0 Å². The van der Waals surface area contributed by atoms with Gasteiger partial charge in [-0.2, -0.15) is 11.3 Å². The number of methoxy groups -OCH3 is 1. The maximum absolute atomic E-state index is 9.96.